The maximum atomic E-state index is 14.7. The number of ether oxygens (including phenoxy) is 4. The van der Waals surface area contributed by atoms with E-state index in [4.69, 9.17) is 30.4 Å². The Morgan fingerprint density at radius 3 is 1.85 bits per heavy atom. The number of esters is 2. The van der Waals surface area contributed by atoms with Crippen LogP contribution in [-0.2, 0) is 20.4 Å². The summed E-state index contributed by atoms with van der Waals surface area (Å²) < 4.78 is 86.7. The molecule has 8 nitrogen and oxygen atoms in total. The lowest BCUT2D eigenvalue weighted by molar-refractivity contribution is -0.185. The van der Waals surface area contributed by atoms with Crippen molar-refractivity contribution in [3.8, 4) is 11.5 Å². The van der Waals surface area contributed by atoms with Crippen molar-refractivity contribution in [3.05, 3.63) is 89.5 Å². The number of hydrogen-bond acceptors (Lipinski definition) is 8. The molecule has 0 amide bonds. The highest BCUT2D eigenvalue weighted by molar-refractivity contribution is 5.91. The first kappa shape index (κ1) is 37.6. The van der Waals surface area contributed by atoms with Gasteiger partial charge in [-0.1, -0.05) is 12.1 Å². The van der Waals surface area contributed by atoms with E-state index in [0.29, 0.717) is 53.9 Å². The Labute approximate surface area is 275 Å². The van der Waals surface area contributed by atoms with Crippen molar-refractivity contribution in [3.63, 3.8) is 0 Å². The molecule has 0 aliphatic carbocycles. The summed E-state index contributed by atoms with van der Waals surface area (Å²) in [4.78, 5) is 24.1. The normalized spacial score (nSPS) is 11.8. The molecule has 0 bridgehead atoms. The van der Waals surface area contributed by atoms with Gasteiger partial charge in [0.15, 0.2) is 0 Å². The molecule has 0 unspecified atom stereocenters. The molecule has 0 aliphatic rings. The van der Waals surface area contributed by atoms with Gasteiger partial charge in [0.1, 0.15) is 11.5 Å². The van der Waals surface area contributed by atoms with Crippen LogP contribution in [0, 0.1) is 0 Å². The Morgan fingerprint density at radius 1 is 0.667 bits per heavy atom. The number of hydrogen-bond donors (Lipinski definition) is 2. The lowest BCUT2D eigenvalue weighted by Crippen LogP contribution is -2.21. The summed E-state index contributed by atoms with van der Waals surface area (Å²) in [6, 6.07) is 15.2. The molecule has 0 saturated heterocycles. The van der Waals surface area contributed by atoms with Crippen molar-refractivity contribution >= 4 is 29.4 Å². The number of benzene rings is 3. The van der Waals surface area contributed by atoms with Crippen LogP contribution in [0.4, 0.5) is 33.3 Å². The van der Waals surface area contributed by atoms with Crippen molar-refractivity contribution in [1.29, 1.82) is 0 Å². The molecule has 0 aliphatic heterocycles. The number of nitrogens with two attached hydrogens (primary N) is 2. The van der Waals surface area contributed by atoms with Crippen molar-refractivity contribution in [2.75, 3.05) is 31.3 Å². The van der Waals surface area contributed by atoms with Crippen LogP contribution in [0.1, 0.15) is 72.9 Å². The summed E-state index contributed by atoms with van der Waals surface area (Å²) in [5, 5.41) is 0. The van der Waals surface area contributed by atoms with Gasteiger partial charge in [-0.2, -0.15) is 22.0 Å². The van der Waals surface area contributed by atoms with Gasteiger partial charge in [-0.15, -0.1) is 0 Å². The Bertz CT molecular complexity index is 1460. The van der Waals surface area contributed by atoms with E-state index in [0.717, 1.165) is 25.0 Å². The molecule has 3 aromatic rings. The van der Waals surface area contributed by atoms with Crippen LogP contribution in [0.15, 0.2) is 72.8 Å². The van der Waals surface area contributed by atoms with Crippen LogP contribution in [-0.4, -0.2) is 37.9 Å². The molecule has 260 valence electrons. The fourth-order valence-electron chi connectivity index (χ4n) is 4.38. The summed E-state index contributed by atoms with van der Waals surface area (Å²) in [6.07, 6.45) is -2.37. The largest absolute Gasteiger partial charge is 0.494 e. The van der Waals surface area contributed by atoms with E-state index >= 15 is 0 Å². The van der Waals surface area contributed by atoms with Gasteiger partial charge in [0, 0.05) is 23.9 Å². The molecule has 0 aromatic heterocycles. The van der Waals surface area contributed by atoms with Gasteiger partial charge in [-0.25, -0.2) is 9.59 Å². The number of halogens is 5. The molecule has 3 rings (SSSR count). The first-order chi connectivity index (χ1) is 22.8. The molecular weight excluding hydrogens is 639 g/mol. The molecular formula is C35H39F5N2O6. The third kappa shape index (κ3) is 14.3. The van der Waals surface area contributed by atoms with Gasteiger partial charge in [-0.05, 0) is 111 Å². The number of anilines is 2. The van der Waals surface area contributed by atoms with Crippen LogP contribution in [0.5, 0.6) is 11.5 Å². The van der Waals surface area contributed by atoms with E-state index in [1.54, 1.807) is 6.07 Å². The van der Waals surface area contributed by atoms with Crippen molar-refractivity contribution in [1.82, 2.24) is 0 Å². The Morgan fingerprint density at radius 2 is 1.23 bits per heavy atom. The highest BCUT2D eigenvalue weighted by Gasteiger charge is 2.34. The van der Waals surface area contributed by atoms with E-state index in [2.05, 4.69) is 0 Å². The van der Waals surface area contributed by atoms with Crippen molar-refractivity contribution in [2.45, 2.75) is 63.7 Å². The highest BCUT2D eigenvalue weighted by atomic mass is 19.4. The van der Waals surface area contributed by atoms with E-state index in [1.165, 1.54) is 60.7 Å². The number of carbonyl (C=O) groups excluding carboxylic acids is 2. The number of nitrogen functional groups attached to an aromatic ring is 2. The second-order valence-corrected chi connectivity index (χ2v) is 10.9. The third-order valence-electron chi connectivity index (χ3n) is 6.83. The van der Waals surface area contributed by atoms with E-state index in [1.807, 2.05) is 0 Å². The van der Waals surface area contributed by atoms with Crippen LogP contribution < -0.4 is 20.9 Å². The van der Waals surface area contributed by atoms with Gasteiger partial charge < -0.3 is 30.4 Å². The van der Waals surface area contributed by atoms with Crippen LogP contribution in [0.25, 0.3) is 6.08 Å². The molecule has 0 atom stereocenters. The van der Waals surface area contributed by atoms with Gasteiger partial charge in [0.25, 0.3) is 0 Å². The van der Waals surface area contributed by atoms with Gasteiger partial charge >= 0.3 is 24.2 Å². The molecule has 0 spiro atoms. The quantitative estimate of drug-likeness (QED) is 0.0426. The average Bonchev–Trinajstić information content (AvgIpc) is 3.02. The molecule has 0 saturated carbocycles. The highest BCUT2D eigenvalue weighted by Crippen LogP contribution is 2.33. The number of alkyl halides is 5. The minimum absolute atomic E-state index is 0.00925. The maximum Gasteiger partial charge on any atom is 0.426 e. The lowest BCUT2D eigenvalue weighted by Gasteiger charge is -2.18. The predicted molar refractivity (Wildman–Crippen MR) is 171 cm³/mol. The third-order valence-corrected chi connectivity index (χ3v) is 6.83. The predicted octanol–water partition coefficient (Wildman–Crippen LogP) is 8.45. The molecule has 0 fully saturated rings. The summed E-state index contributed by atoms with van der Waals surface area (Å²) >= 11 is 0. The zero-order valence-electron chi connectivity index (χ0n) is 26.3. The Kier molecular flexibility index (Phi) is 14.5. The number of carbonyl (C=O) groups is 2. The standard InChI is InChI=1S/C35H39F5N2O6/c36-34(37,38)18-4-3-7-19-45-30-15-11-27(12-16-30)35(39,40)48-31-13-8-25(9-14-31)10-17-32(43)46-20-5-1-2-6-21-47-33(44)26-22-28(41)24-29(42)23-26/h8-17,22-24H,1-7,18-21,41-42H2/b17-10+. The fourth-order valence-corrected chi connectivity index (χ4v) is 4.38. The molecule has 4 N–H and O–H groups in total. The first-order valence-electron chi connectivity index (χ1n) is 15.5. The molecule has 3 aromatic carbocycles. The molecule has 0 radical (unpaired) electrons. The Hall–Kier alpha value is -4.81. The first-order valence-corrected chi connectivity index (χ1v) is 15.5. The molecule has 0 heterocycles. The SMILES string of the molecule is Nc1cc(N)cc(C(=O)OCCCCCCOC(=O)/C=C/c2ccc(OC(F)(F)c3ccc(OCCCCCC(F)(F)F)cc3)cc2)c1. The fraction of sp³-hybridized carbons (Fsp3) is 0.371. The molecule has 48 heavy (non-hydrogen) atoms. The Balaban J connectivity index is 1.29. The summed E-state index contributed by atoms with van der Waals surface area (Å²) in [7, 11) is 0. The van der Waals surface area contributed by atoms with E-state index in [-0.39, 0.29) is 32.0 Å². The van der Waals surface area contributed by atoms with Crippen molar-refractivity contribution in [2.24, 2.45) is 0 Å². The van der Waals surface area contributed by atoms with E-state index in [9.17, 15) is 31.5 Å². The van der Waals surface area contributed by atoms with Crippen LogP contribution in [0.2, 0.25) is 0 Å². The number of rotatable bonds is 19. The summed E-state index contributed by atoms with van der Waals surface area (Å²) in [6.45, 7) is 0.629. The van der Waals surface area contributed by atoms with Crippen LogP contribution >= 0.6 is 0 Å². The van der Waals surface area contributed by atoms with Gasteiger partial charge in [0.05, 0.1) is 30.9 Å². The zero-order valence-corrected chi connectivity index (χ0v) is 26.3. The topological polar surface area (TPSA) is 123 Å². The summed E-state index contributed by atoms with van der Waals surface area (Å²) in [5.74, 6) is -0.824. The van der Waals surface area contributed by atoms with E-state index < -0.39 is 36.2 Å². The van der Waals surface area contributed by atoms with Gasteiger partial charge in [0.2, 0.25) is 0 Å². The van der Waals surface area contributed by atoms with Gasteiger partial charge in [-0.3, -0.25) is 0 Å². The molecule has 13 heteroatoms. The second kappa shape index (κ2) is 18.5. The lowest BCUT2D eigenvalue weighted by atomic mass is 10.2. The minimum atomic E-state index is -4.18. The smallest absolute Gasteiger partial charge is 0.426 e. The second-order valence-electron chi connectivity index (χ2n) is 10.9. The minimum Gasteiger partial charge on any atom is -0.494 e. The maximum absolute atomic E-state index is 14.7. The summed E-state index contributed by atoms with van der Waals surface area (Å²) in [5.41, 5.74) is 12.6. The number of unbranched alkanes of at least 4 members (excludes halogenated alkanes) is 5. The monoisotopic (exact) mass is 678 g/mol. The van der Waals surface area contributed by atoms with Crippen molar-refractivity contribution < 1.29 is 50.5 Å². The average molecular weight is 679 g/mol. The van der Waals surface area contributed by atoms with Crippen LogP contribution in [0.3, 0.4) is 0 Å². The zero-order chi connectivity index (χ0) is 35.0.